The van der Waals surface area contributed by atoms with Crippen LogP contribution in [0.4, 0.5) is 11.4 Å². The Hall–Kier alpha value is -2.89. The molecule has 2 aromatic carbocycles. The number of carbonyl (C=O) groups is 1. The number of methoxy groups -OCH3 is 1. The first kappa shape index (κ1) is 21.4. The van der Waals surface area contributed by atoms with Crippen molar-refractivity contribution in [1.29, 1.82) is 0 Å². The molecule has 0 fully saturated rings. The van der Waals surface area contributed by atoms with Crippen molar-refractivity contribution < 1.29 is 19.0 Å². The molecule has 2 rings (SSSR count). The Morgan fingerprint density at radius 2 is 1.43 bits per heavy atom. The quantitative estimate of drug-likeness (QED) is 0.276. The number of ether oxygens (including phenoxy) is 3. The first-order chi connectivity index (χ1) is 13.6. The minimum Gasteiger partial charge on any atom is -0.497 e. The van der Waals surface area contributed by atoms with Crippen molar-refractivity contribution in [3.63, 3.8) is 0 Å². The van der Waals surface area contributed by atoms with Gasteiger partial charge in [-0.3, -0.25) is 4.79 Å². The highest BCUT2D eigenvalue weighted by atomic mass is 16.5. The Kier molecular flexibility index (Phi) is 8.98. The molecule has 0 N–H and O–H groups in total. The lowest BCUT2D eigenvalue weighted by atomic mass is 10.1. The first-order valence-corrected chi connectivity index (χ1v) is 9.57. The average molecular weight is 384 g/mol. The highest BCUT2D eigenvalue weighted by molar-refractivity contribution is 5.71. The highest BCUT2D eigenvalue weighted by Gasteiger charge is 2.10. The van der Waals surface area contributed by atoms with Gasteiger partial charge in [0.25, 0.3) is 0 Å². The van der Waals surface area contributed by atoms with Crippen LogP contribution in [0.2, 0.25) is 0 Å². The molecule has 0 aliphatic carbocycles. The van der Waals surface area contributed by atoms with E-state index in [0.29, 0.717) is 13.2 Å². The minimum atomic E-state index is -0.122. The number of rotatable bonds is 11. The van der Waals surface area contributed by atoms with E-state index in [1.54, 1.807) is 7.11 Å². The third-order valence-corrected chi connectivity index (χ3v) is 4.26. The fourth-order valence-electron chi connectivity index (χ4n) is 2.25. The maximum atomic E-state index is 11.6. The van der Waals surface area contributed by atoms with E-state index < -0.39 is 0 Å². The second-order valence-corrected chi connectivity index (χ2v) is 6.42. The zero-order valence-electron chi connectivity index (χ0n) is 16.8. The van der Waals surface area contributed by atoms with Crippen molar-refractivity contribution in [2.24, 2.45) is 16.1 Å². The summed E-state index contributed by atoms with van der Waals surface area (Å²) < 4.78 is 16.0. The van der Waals surface area contributed by atoms with Crippen molar-refractivity contribution in [1.82, 2.24) is 0 Å². The van der Waals surface area contributed by atoms with Crippen LogP contribution in [0.25, 0.3) is 0 Å². The molecule has 1 unspecified atom stereocenters. The number of benzene rings is 2. The van der Waals surface area contributed by atoms with Gasteiger partial charge in [0, 0.05) is 0 Å². The second kappa shape index (κ2) is 11.7. The molecule has 0 heterocycles. The number of hydrogen-bond donors (Lipinski definition) is 0. The Morgan fingerprint density at radius 1 is 0.893 bits per heavy atom. The molecule has 2 aromatic rings. The molecule has 1 atom stereocenters. The maximum absolute atomic E-state index is 11.6. The molecule has 0 saturated carbocycles. The molecule has 0 aliphatic rings. The topological polar surface area (TPSA) is 69.5 Å². The summed E-state index contributed by atoms with van der Waals surface area (Å²) in [4.78, 5) is 11.6. The SMILES string of the molecule is CCC(C)C(=O)OCCCCOc1ccc(N=Nc2ccc(OC)cc2)cc1. The molecule has 0 bridgehead atoms. The van der Waals surface area contributed by atoms with Crippen molar-refractivity contribution in [2.75, 3.05) is 20.3 Å². The van der Waals surface area contributed by atoms with Crippen LogP contribution in [-0.4, -0.2) is 26.3 Å². The first-order valence-electron chi connectivity index (χ1n) is 9.57. The van der Waals surface area contributed by atoms with Gasteiger partial charge in [-0.1, -0.05) is 13.8 Å². The number of hydrogen-bond acceptors (Lipinski definition) is 6. The van der Waals surface area contributed by atoms with Crippen LogP contribution in [0.3, 0.4) is 0 Å². The molecule has 0 spiro atoms. The summed E-state index contributed by atoms with van der Waals surface area (Å²) in [5, 5.41) is 8.41. The van der Waals surface area contributed by atoms with Gasteiger partial charge in [-0.15, -0.1) is 0 Å². The van der Waals surface area contributed by atoms with Crippen LogP contribution < -0.4 is 9.47 Å². The van der Waals surface area contributed by atoms with Crippen LogP contribution in [0, 0.1) is 5.92 Å². The summed E-state index contributed by atoms with van der Waals surface area (Å²) >= 11 is 0. The van der Waals surface area contributed by atoms with Crippen molar-refractivity contribution in [2.45, 2.75) is 33.1 Å². The van der Waals surface area contributed by atoms with E-state index >= 15 is 0 Å². The van der Waals surface area contributed by atoms with Gasteiger partial charge in [-0.05, 0) is 67.8 Å². The summed E-state index contributed by atoms with van der Waals surface area (Å²) in [7, 11) is 1.63. The predicted molar refractivity (Wildman–Crippen MR) is 109 cm³/mol. The van der Waals surface area contributed by atoms with Gasteiger partial charge in [-0.25, -0.2) is 0 Å². The predicted octanol–water partition coefficient (Wildman–Crippen LogP) is 5.86. The van der Waals surface area contributed by atoms with Gasteiger partial charge in [0.15, 0.2) is 0 Å². The molecule has 150 valence electrons. The van der Waals surface area contributed by atoms with E-state index in [4.69, 9.17) is 14.2 Å². The molecular formula is C22H28N2O4. The molecule has 0 aliphatic heterocycles. The van der Waals surface area contributed by atoms with Crippen molar-refractivity contribution >= 4 is 17.3 Å². The number of nitrogens with zero attached hydrogens (tertiary/aromatic N) is 2. The van der Waals surface area contributed by atoms with Gasteiger partial charge in [0.2, 0.25) is 0 Å². The zero-order valence-corrected chi connectivity index (χ0v) is 16.8. The molecule has 0 saturated heterocycles. The molecule has 6 nitrogen and oxygen atoms in total. The van der Waals surface area contributed by atoms with Crippen molar-refractivity contribution in [3.05, 3.63) is 48.5 Å². The third kappa shape index (κ3) is 7.39. The summed E-state index contributed by atoms with van der Waals surface area (Å²) in [6.45, 7) is 4.88. The normalized spacial score (nSPS) is 12.0. The van der Waals surface area contributed by atoms with Crippen LogP contribution in [0.15, 0.2) is 58.8 Å². The van der Waals surface area contributed by atoms with Gasteiger partial charge in [0.1, 0.15) is 11.5 Å². The van der Waals surface area contributed by atoms with Crippen LogP contribution in [0.5, 0.6) is 11.5 Å². The Morgan fingerprint density at radius 3 is 1.96 bits per heavy atom. The average Bonchev–Trinajstić information content (AvgIpc) is 2.75. The van der Waals surface area contributed by atoms with Gasteiger partial charge in [-0.2, -0.15) is 10.2 Å². The fraction of sp³-hybridized carbons (Fsp3) is 0.409. The molecule has 0 amide bonds. The summed E-state index contributed by atoms with van der Waals surface area (Å²) in [5.74, 6) is 1.41. The monoisotopic (exact) mass is 384 g/mol. The molecule has 28 heavy (non-hydrogen) atoms. The largest absolute Gasteiger partial charge is 0.497 e. The van der Waals surface area contributed by atoms with Crippen LogP contribution in [-0.2, 0) is 9.53 Å². The lowest BCUT2D eigenvalue weighted by Crippen LogP contribution is -2.14. The molecule has 0 radical (unpaired) electrons. The van der Waals surface area contributed by atoms with Crippen molar-refractivity contribution in [3.8, 4) is 11.5 Å². The fourth-order valence-corrected chi connectivity index (χ4v) is 2.25. The standard InChI is InChI=1S/C22H28N2O4/c1-4-17(2)22(25)28-16-6-5-15-27-21-13-9-19(10-14-21)24-23-18-7-11-20(26-3)12-8-18/h7-14,17H,4-6,15-16H2,1-3H3. The lowest BCUT2D eigenvalue weighted by molar-refractivity contribution is -0.148. The van der Waals surface area contributed by atoms with Gasteiger partial charge >= 0.3 is 5.97 Å². The van der Waals surface area contributed by atoms with E-state index in [-0.39, 0.29) is 11.9 Å². The van der Waals surface area contributed by atoms with E-state index in [2.05, 4.69) is 10.2 Å². The zero-order chi connectivity index (χ0) is 20.2. The number of unbranched alkanes of at least 4 members (excludes halogenated alkanes) is 1. The minimum absolute atomic E-state index is 0.0309. The Balaban J connectivity index is 1.68. The Labute approximate surface area is 166 Å². The van der Waals surface area contributed by atoms with Gasteiger partial charge < -0.3 is 14.2 Å². The number of carbonyl (C=O) groups excluding carboxylic acids is 1. The second-order valence-electron chi connectivity index (χ2n) is 6.42. The summed E-state index contributed by atoms with van der Waals surface area (Å²) in [5.41, 5.74) is 1.51. The van der Waals surface area contributed by atoms with E-state index in [9.17, 15) is 4.79 Å². The highest BCUT2D eigenvalue weighted by Crippen LogP contribution is 2.23. The lowest BCUT2D eigenvalue weighted by Gasteiger charge is -2.09. The maximum Gasteiger partial charge on any atom is 0.308 e. The molecular weight excluding hydrogens is 356 g/mol. The Bertz CT molecular complexity index is 742. The molecule has 6 heteroatoms. The summed E-state index contributed by atoms with van der Waals surface area (Å²) in [6.07, 6.45) is 2.42. The van der Waals surface area contributed by atoms with E-state index in [0.717, 1.165) is 42.1 Å². The summed E-state index contributed by atoms with van der Waals surface area (Å²) in [6, 6.07) is 14.8. The van der Waals surface area contributed by atoms with E-state index in [1.165, 1.54) is 0 Å². The van der Waals surface area contributed by atoms with E-state index in [1.807, 2.05) is 62.4 Å². The smallest absolute Gasteiger partial charge is 0.308 e. The van der Waals surface area contributed by atoms with Crippen LogP contribution >= 0.6 is 0 Å². The number of esters is 1. The van der Waals surface area contributed by atoms with Gasteiger partial charge in [0.05, 0.1) is 37.6 Å². The molecule has 0 aromatic heterocycles. The third-order valence-electron chi connectivity index (χ3n) is 4.26. The number of azo groups is 1. The van der Waals surface area contributed by atoms with Crippen LogP contribution in [0.1, 0.15) is 33.1 Å².